The van der Waals surface area contributed by atoms with Gasteiger partial charge in [0, 0.05) is 6.54 Å². The predicted molar refractivity (Wildman–Crippen MR) is 105 cm³/mol. The van der Waals surface area contributed by atoms with E-state index in [-0.39, 0.29) is 18.3 Å². The predicted octanol–water partition coefficient (Wildman–Crippen LogP) is 0.463. The van der Waals surface area contributed by atoms with Crippen LogP contribution in [0.3, 0.4) is 0 Å². The molecule has 30 heavy (non-hydrogen) atoms. The molecule has 1 saturated heterocycles. The maximum absolute atomic E-state index is 10.8. The van der Waals surface area contributed by atoms with E-state index in [1.165, 1.54) is 17.5 Å². The van der Waals surface area contributed by atoms with Gasteiger partial charge in [0.05, 0.1) is 24.3 Å². The molecule has 0 unspecified atom stereocenters. The van der Waals surface area contributed by atoms with Crippen molar-refractivity contribution in [3.05, 3.63) is 11.5 Å². The minimum absolute atomic E-state index is 0.0120. The Hall–Kier alpha value is -1.37. The Bertz CT molecular complexity index is 951. The molecular weight excluding hydrogens is 441 g/mol. The smallest absolute Gasteiger partial charge is 0.350 e. The van der Waals surface area contributed by atoms with Gasteiger partial charge in [0.1, 0.15) is 24.4 Å². The zero-order chi connectivity index (χ0) is 21.5. The van der Waals surface area contributed by atoms with Crippen molar-refractivity contribution in [2.75, 3.05) is 24.8 Å². The van der Waals surface area contributed by atoms with E-state index in [0.717, 1.165) is 6.54 Å². The quantitative estimate of drug-likeness (QED) is 0.199. The van der Waals surface area contributed by atoms with E-state index in [4.69, 9.17) is 30.9 Å². The van der Waals surface area contributed by atoms with Crippen LogP contribution in [0.15, 0.2) is 6.20 Å². The van der Waals surface area contributed by atoms with Crippen LogP contribution < -0.4 is 5.32 Å². The van der Waals surface area contributed by atoms with Gasteiger partial charge in [-0.15, -0.1) is 0 Å². The first-order valence-electron chi connectivity index (χ1n) is 9.51. The zero-order valence-electron chi connectivity index (χ0n) is 15.8. The summed E-state index contributed by atoms with van der Waals surface area (Å²) in [6, 6.07) is 0. The van der Waals surface area contributed by atoms with Crippen molar-refractivity contribution in [3.8, 4) is 0 Å². The molecule has 2 fully saturated rings. The van der Waals surface area contributed by atoms with Crippen molar-refractivity contribution < 1.29 is 34.0 Å². The van der Waals surface area contributed by atoms with Crippen molar-refractivity contribution in [1.82, 2.24) is 19.7 Å². The lowest BCUT2D eigenvalue weighted by atomic mass is 10.1. The van der Waals surface area contributed by atoms with Gasteiger partial charge in [0.25, 0.3) is 0 Å². The molecule has 0 amide bonds. The number of hydrogen-bond donors (Lipinski definition) is 5. The molecule has 2 aliphatic rings. The van der Waals surface area contributed by atoms with E-state index in [9.17, 15) is 14.8 Å². The fourth-order valence-electron chi connectivity index (χ4n) is 3.34. The molecule has 1 saturated carbocycles. The van der Waals surface area contributed by atoms with Crippen LogP contribution in [-0.2, 0) is 14.0 Å². The third kappa shape index (κ3) is 4.92. The third-order valence-electron chi connectivity index (χ3n) is 5.07. The van der Waals surface area contributed by atoms with Gasteiger partial charge in [0.15, 0.2) is 11.9 Å². The molecule has 1 aliphatic carbocycles. The Kier molecular flexibility index (Phi) is 6.29. The number of hydrogen-bond acceptors (Lipinski definition) is 9. The Morgan fingerprint density at radius 1 is 1.30 bits per heavy atom. The SMILES string of the molecule is O=P(O)(O)COCC[C@H]1O[C@@H](n2ncc3c(NCC4CC4)nc(Cl)nc32)[C@H](O)[C@@H]1O. The first-order chi connectivity index (χ1) is 14.2. The van der Waals surface area contributed by atoms with Crippen molar-refractivity contribution in [1.29, 1.82) is 0 Å². The molecule has 4 atom stereocenters. The van der Waals surface area contributed by atoms with Crippen LogP contribution in [0.1, 0.15) is 25.5 Å². The van der Waals surface area contributed by atoms with Gasteiger partial charge < -0.3 is 34.8 Å². The Labute approximate surface area is 176 Å². The van der Waals surface area contributed by atoms with Gasteiger partial charge in [-0.3, -0.25) is 4.57 Å². The molecule has 0 aromatic carbocycles. The van der Waals surface area contributed by atoms with Crippen LogP contribution in [0.2, 0.25) is 5.28 Å². The summed E-state index contributed by atoms with van der Waals surface area (Å²) < 4.78 is 22.8. The van der Waals surface area contributed by atoms with Crippen LogP contribution in [0.5, 0.6) is 0 Å². The lowest BCUT2D eigenvalue weighted by Gasteiger charge is -2.16. The largest absolute Gasteiger partial charge is 0.388 e. The van der Waals surface area contributed by atoms with Gasteiger partial charge in [-0.2, -0.15) is 15.1 Å². The lowest BCUT2D eigenvalue weighted by Crippen LogP contribution is -2.32. The molecule has 166 valence electrons. The normalized spacial score (nSPS) is 27.1. The molecule has 5 N–H and O–H groups in total. The summed E-state index contributed by atoms with van der Waals surface area (Å²) in [7, 11) is -4.27. The molecular formula is C16H23ClN5O7P. The summed E-state index contributed by atoms with van der Waals surface area (Å²) in [5, 5.41) is 28.9. The average molecular weight is 464 g/mol. The van der Waals surface area contributed by atoms with Crippen LogP contribution in [0.4, 0.5) is 5.82 Å². The first-order valence-corrected chi connectivity index (χ1v) is 11.7. The highest BCUT2D eigenvalue weighted by atomic mass is 35.5. The number of aliphatic hydroxyl groups is 2. The fraction of sp³-hybridized carbons (Fsp3) is 0.688. The zero-order valence-corrected chi connectivity index (χ0v) is 17.5. The van der Waals surface area contributed by atoms with E-state index in [1.807, 2.05) is 0 Å². The number of fused-ring (bicyclic) bond motifs is 1. The number of aliphatic hydroxyl groups excluding tert-OH is 2. The number of aromatic nitrogens is 4. The third-order valence-corrected chi connectivity index (χ3v) is 5.75. The van der Waals surface area contributed by atoms with Gasteiger partial charge in [0.2, 0.25) is 5.28 Å². The van der Waals surface area contributed by atoms with Crippen LogP contribution >= 0.6 is 19.2 Å². The second-order valence-corrected chi connectivity index (χ2v) is 9.45. The Morgan fingerprint density at radius 2 is 2.07 bits per heavy atom. The number of rotatable bonds is 9. The molecule has 0 radical (unpaired) electrons. The summed E-state index contributed by atoms with van der Waals surface area (Å²) in [6.07, 6.45) is -1.08. The molecule has 4 rings (SSSR count). The standard InChI is InChI=1S/C16H23ClN5O7P/c17-16-20-13(18-5-8-1-2-8)9-6-19-22(14(9)21-16)15-12(24)11(23)10(29-15)3-4-28-7-30(25,26)27/h6,8,10-12,15,23-24H,1-5,7H2,(H,18,20,21)(H2,25,26,27)/t10-,11-,12-,15-/m1/s1. The van der Waals surface area contributed by atoms with Gasteiger partial charge in [-0.25, -0.2) is 4.68 Å². The van der Waals surface area contributed by atoms with E-state index in [0.29, 0.717) is 22.8 Å². The van der Waals surface area contributed by atoms with Gasteiger partial charge >= 0.3 is 7.60 Å². The van der Waals surface area contributed by atoms with Crippen molar-refractivity contribution in [3.63, 3.8) is 0 Å². The van der Waals surface area contributed by atoms with E-state index in [2.05, 4.69) is 20.4 Å². The van der Waals surface area contributed by atoms with E-state index >= 15 is 0 Å². The highest BCUT2D eigenvalue weighted by Crippen LogP contribution is 2.36. The van der Waals surface area contributed by atoms with Gasteiger partial charge in [-0.05, 0) is 36.8 Å². The summed E-state index contributed by atoms with van der Waals surface area (Å²) >= 11 is 6.07. The van der Waals surface area contributed by atoms with Crippen molar-refractivity contribution in [2.24, 2.45) is 5.92 Å². The second-order valence-electron chi connectivity index (χ2n) is 7.53. The average Bonchev–Trinajstić information content (AvgIpc) is 3.35. The maximum Gasteiger partial charge on any atom is 0.350 e. The second kappa shape index (κ2) is 8.64. The highest BCUT2D eigenvalue weighted by Gasteiger charge is 2.44. The molecule has 12 nitrogen and oxygen atoms in total. The van der Waals surface area contributed by atoms with Crippen LogP contribution in [0.25, 0.3) is 11.0 Å². The number of nitrogens with one attached hydrogen (secondary N) is 1. The summed E-state index contributed by atoms with van der Waals surface area (Å²) in [5.74, 6) is 1.16. The first kappa shape index (κ1) is 21.8. The number of anilines is 1. The number of halogens is 1. The molecule has 2 aromatic rings. The molecule has 3 heterocycles. The fourth-order valence-corrected chi connectivity index (χ4v) is 3.87. The molecule has 0 spiro atoms. The monoisotopic (exact) mass is 463 g/mol. The Balaban J connectivity index is 1.48. The number of ether oxygens (including phenoxy) is 2. The lowest BCUT2D eigenvalue weighted by molar-refractivity contribution is -0.0493. The molecule has 14 heteroatoms. The van der Waals surface area contributed by atoms with Crippen molar-refractivity contribution in [2.45, 2.75) is 43.8 Å². The summed E-state index contributed by atoms with van der Waals surface area (Å²) in [5.41, 5.74) is 0.350. The van der Waals surface area contributed by atoms with E-state index in [1.54, 1.807) is 6.20 Å². The van der Waals surface area contributed by atoms with Crippen LogP contribution in [-0.4, -0.2) is 77.6 Å². The number of nitrogens with zero attached hydrogens (tertiary/aromatic N) is 4. The van der Waals surface area contributed by atoms with E-state index < -0.39 is 38.5 Å². The molecule has 2 aromatic heterocycles. The summed E-state index contributed by atoms with van der Waals surface area (Å²) in [4.78, 5) is 26.0. The maximum atomic E-state index is 10.8. The Morgan fingerprint density at radius 3 is 2.77 bits per heavy atom. The minimum Gasteiger partial charge on any atom is -0.388 e. The highest BCUT2D eigenvalue weighted by molar-refractivity contribution is 7.51. The summed E-state index contributed by atoms with van der Waals surface area (Å²) in [6.45, 7) is 0.709. The minimum atomic E-state index is -4.27. The van der Waals surface area contributed by atoms with Crippen molar-refractivity contribution >= 4 is 36.0 Å². The van der Waals surface area contributed by atoms with Gasteiger partial charge in [-0.1, -0.05) is 0 Å². The molecule has 0 bridgehead atoms. The van der Waals surface area contributed by atoms with Crippen LogP contribution in [0, 0.1) is 5.92 Å². The molecule has 1 aliphatic heterocycles. The topological polar surface area (TPSA) is 172 Å².